The zero-order valence-corrected chi connectivity index (χ0v) is 10.3. The number of aromatic nitrogens is 1. The molecule has 1 aromatic carbocycles. The average Bonchev–Trinajstić information content (AvgIpc) is 2.83. The minimum absolute atomic E-state index is 0.261. The van der Waals surface area contributed by atoms with Crippen molar-refractivity contribution in [2.75, 3.05) is 5.32 Å². The van der Waals surface area contributed by atoms with E-state index in [9.17, 15) is 14.5 Å². The third-order valence-electron chi connectivity index (χ3n) is 2.41. The summed E-state index contributed by atoms with van der Waals surface area (Å²) in [6, 6.07) is 2.37. The zero-order valence-electron chi connectivity index (χ0n) is 9.51. The van der Waals surface area contributed by atoms with E-state index in [0.717, 1.165) is 10.9 Å². The lowest BCUT2D eigenvalue weighted by Crippen LogP contribution is -2.03. The van der Waals surface area contributed by atoms with Crippen molar-refractivity contribution in [3.63, 3.8) is 0 Å². The number of benzene rings is 1. The lowest BCUT2D eigenvalue weighted by atomic mass is 10.2. The number of hydrogen-bond acceptors (Lipinski definition) is 5. The van der Waals surface area contributed by atoms with Gasteiger partial charge in [-0.1, -0.05) is 0 Å². The van der Waals surface area contributed by atoms with Crippen molar-refractivity contribution in [3.05, 3.63) is 50.2 Å². The maximum absolute atomic E-state index is 13.3. The quantitative estimate of drug-likeness (QED) is 0.682. The van der Waals surface area contributed by atoms with Crippen LogP contribution in [0.4, 0.5) is 15.8 Å². The highest BCUT2D eigenvalue weighted by molar-refractivity contribution is 7.09. The molecule has 18 heavy (non-hydrogen) atoms. The molecule has 0 fully saturated rings. The number of nitrogens with zero attached hydrogens (tertiary/aromatic N) is 2. The number of nitro benzene ring substituents is 1. The van der Waals surface area contributed by atoms with Crippen molar-refractivity contribution in [3.8, 4) is 0 Å². The van der Waals surface area contributed by atoms with Crippen LogP contribution in [0.3, 0.4) is 0 Å². The van der Waals surface area contributed by atoms with E-state index in [1.807, 2.05) is 0 Å². The first-order valence-electron chi connectivity index (χ1n) is 5.13. The van der Waals surface area contributed by atoms with Gasteiger partial charge in [0.05, 0.1) is 23.0 Å². The van der Waals surface area contributed by atoms with Gasteiger partial charge in [-0.3, -0.25) is 15.1 Å². The summed E-state index contributed by atoms with van der Waals surface area (Å²) >= 11 is 1.45. The molecule has 2 rings (SSSR count). The van der Waals surface area contributed by atoms with Crippen molar-refractivity contribution >= 4 is 22.7 Å². The fraction of sp³-hybridized carbons (Fsp3) is 0.182. The van der Waals surface area contributed by atoms with Gasteiger partial charge in [0.25, 0.3) is 5.69 Å². The summed E-state index contributed by atoms with van der Waals surface area (Å²) in [5, 5.41) is 13.8. The Labute approximate surface area is 106 Å². The third-order valence-corrected chi connectivity index (χ3v) is 3.19. The molecule has 0 amide bonds. The molecule has 0 atom stereocenters. The molecule has 0 bridgehead atoms. The van der Waals surface area contributed by atoms with E-state index in [0.29, 0.717) is 17.8 Å². The van der Waals surface area contributed by atoms with Gasteiger partial charge in [-0.25, -0.2) is 4.39 Å². The van der Waals surface area contributed by atoms with Crippen LogP contribution in [0.2, 0.25) is 0 Å². The fourth-order valence-electron chi connectivity index (χ4n) is 1.48. The first-order valence-corrected chi connectivity index (χ1v) is 6.01. The lowest BCUT2D eigenvalue weighted by Gasteiger charge is -2.07. The molecule has 1 N–H and O–H groups in total. The monoisotopic (exact) mass is 267 g/mol. The van der Waals surface area contributed by atoms with E-state index >= 15 is 0 Å². The molecule has 0 saturated heterocycles. The zero-order chi connectivity index (χ0) is 13.1. The first kappa shape index (κ1) is 12.4. The molecular formula is C11H10FN3O2S. The van der Waals surface area contributed by atoms with E-state index in [4.69, 9.17) is 0 Å². The standard InChI is InChI=1S/C11H10FN3O2S/c1-7-2-10(11(15(16)17)3-9(7)12)14-5-8-4-13-6-18-8/h2-4,6,14H,5H2,1H3. The van der Waals surface area contributed by atoms with Crippen LogP contribution in [-0.2, 0) is 6.54 Å². The van der Waals surface area contributed by atoms with Gasteiger partial charge in [-0.05, 0) is 18.6 Å². The number of rotatable bonds is 4. The Bertz CT molecular complexity index is 572. The molecular weight excluding hydrogens is 257 g/mol. The van der Waals surface area contributed by atoms with Gasteiger partial charge < -0.3 is 5.32 Å². The Kier molecular flexibility index (Phi) is 3.52. The highest BCUT2D eigenvalue weighted by Crippen LogP contribution is 2.28. The highest BCUT2D eigenvalue weighted by atomic mass is 32.1. The number of thiazole rings is 1. The maximum atomic E-state index is 13.3. The van der Waals surface area contributed by atoms with Crippen molar-refractivity contribution < 1.29 is 9.31 Å². The molecule has 0 aliphatic rings. The SMILES string of the molecule is Cc1cc(NCc2cncs2)c([N+](=O)[O-])cc1F. The van der Waals surface area contributed by atoms with Crippen LogP contribution < -0.4 is 5.32 Å². The Morgan fingerprint density at radius 2 is 2.33 bits per heavy atom. The number of aryl methyl sites for hydroxylation is 1. The van der Waals surface area contributed by atoms with Gasteiger partial charge in [0.2, 0.25) is 0 Å². The van der Waals surface area contributed by atoms with E-state index < -0.39 is 10.7 Å². The van der Waals surface area contributed by atoms with Crippen molar-refractivity contribution in [1.82, 2.24) is 4.98 Å². The number of nitrogens with one attached hydrogen (secondary N) is 1. The van der Waals surface area contributed by atoms with Gasteiger partial charge in [0.1, 0.15) is 11.5 Å². The Balaban J connectivity index is 2.25. The molecule has 5 nitrogen and oxygen atoms in total. The van der Waals surface area contributed by atoms with Gasteiger partial charge in [0.15, 0.2) is 0 Å². The van der Waals surface area contributed by atoms with Crippen LogP contribution in [0.15, 0.2) is 23.8 Å². The summed E-state index contributed by atoms with van der Waals surface area (Å²) < 4.78 is 13.3. The second kappa shape index (κ2) is 5.09. The summed E-state index contributed by atoms with van der Waals surface area (Å²) in [5.41, 5.74) is 2.10. The molecule has 0 unspecified atom stereocenters. The van der Waals surface area contributed by atoms with Crippen LogP contribution in [0.1, 0.15) is 10.4 Å². The first-order chi connectivity index (χ1) is 8.58. The minimum atomic E-state index is -0.600. The summed E-state index contributed by atoms with van der Waals surface area (Å²) in [5.74, 6) is -0.579. The van der Waals surface area contributed by atoms with E-state index in [1.54, 1.807) is 18.6 Å². The Morgan fingerprint density at radius 3 is 2.94 bits per heavy atom. The smallest absolute Gasteiger partial charge is 0.295 e. The largest absolute Gasteiger partial charge is 0.375 e. The number of anilines is 1. The van der Waals surface area contributed by atoms with E-state index in [1.165, 1.54) is 17.4 Å². The number of nitro groups is 1. The Hall–Kier alpha value is -2.02. The molecule has 0 aliphatic heterocycles. The molecule has 0 saturated carbocycles. The maximum Gasteiger partial charge on any atom is 0.295 e. The van der Waals surface area contributed by atoms with Gasteiger partial charge in [0, 0.05) is 11.1 Å². The third kappa shape index (κ3) is 2.62. The summed E-state index contributed by atoms with van der Waals surface area (Å²) in [7, 11) is 0. The van der Waals surface area contributed by atoms with Crippen LogP contribution in [0.5, 0.6) is 0 Å². The molecule has 0 spiro atoms. The van der Waals surface area contributed by atoms with Gasteiger partial charge >= 0.3 is 0 Å². The van der Waals surface area contributed by atoms with Crippen molar-refractivity contribution in [2.24, 2.45) is 0 Å². The van der Waals surface area contributed by atoms with Gasteiger partial charge in [-0.15, -0.1) is 11.3 Å². The second-order valence-electron chi connectivity index (χ2n) is 3.70. The topological polar surface area (TPSA) is 68.1 Å². The molecule has 2 aromatic rings. The molecule has 1 aromatic heterocycles. The summed E-state index contributed by atoms with van der Waals surface area (Å²) in [6.45, 7) is 1.99. The predicted octanol–water partition coefficient (Wildman–Crippen LogP) is 3.11. The van der Waals surface area contributed by atoms with Crippen LogP contribution in [-0.4, -0.2) is 9.91 Å². The van der Waals surface area contributed by atoms with Crippen molar-refractivity contribution in [1.29, 1.82) is 0 Å². The highest BCUT2D eigenvalue weighted by Gasteiger charge is 2.16. The normalized spacial score (nSPS) is 10.3. The van der Waals surface area contributed by atoms with Crippen LogP contribution in [0.25, 0.3) is 0 Å². The summed E-state index contributed by atoms with van der Waals surface area (Å²) in [4.78, 5) is 15.1. The molecule has 0 aliphatic carbocycles. The summed E-state index contributed by atoms with van der Waals surface area (Å²) in [6.07, 6.45) is 1.68. The van der Waals surface area contributed by atoms with Crippen molar-refractivity contribution in [2.45, 2.75) is 13.5 Å². The van der Waals surface area contributed by atoms with E-state index in [2.05, 4.69) is 10.3 Å². The van der Waals surface area contributed by atoms with Crippen LogP contribution >= 0.6 is 11.3 Å². The fourth-order valence-corrected chi connectivity index (χ4v) is 2.01. The Morgan fingerprint density at radius 1 is 1.56 bits per heavy atom. The second-order valence-corrected chi connectivity index (χ2v) is 4.67. The lowest BCUT2D eigenvalue weighted by molar-refractivity contribution is -0.384. The average molecular weight is 267 g/mol. The molecule has 94 valence electrons. The van der Waals surface area contributed by atoms with E-state index in [-0.39, 0.29) is 5.69 Å². The molecule has 1 heterocycles. The van der Waals surface area contributed by atoms with Crippen LogP contribution in [0, 0.1) is 22.9 Å². The number of halogens is 1. The molecule has 7 heteroatoms. The number of hydrogen-bond donors (Lipinski definition) is 1. The van der Waals surface area contributed by atoms with Gasteiger partial charge in [-0.2, -0.15) is 0 Å². The molecule has 0 radical (unpaired) electrons. The minimum Gasteiger partial charge on any atom is -0.375 e. The predicted molar refractivity (Wildman–Crippen MR) is 67.2 cm³/mol.